The number of allylic oxidation sites excluding steroid dienone is 4. The van der Waals surface area contributed by atoms with Crippen LogP contribution in [-0.4, -0.2) is 34.3 Å². The Bertz CT molecular complexity index is 7160. The summed E-state index contributed by atoms with van der Waals surface area (Å²) < 4.78 is 3.07. The summed E-state index contributed by atoms with van der Waals surface area (Å²) in [6.45, 7) is 2.25. The first kappa shape index (κ1) is 105. The number of rotatable bonds is 10. The number of aryl methyl sites for hydroxylation is 1. The van der Waals surface area contributed by atoms with E-state index in [4.69, 9.17) is 142 Å². The van der Waals surface area contributed by atoms with Crippen molar-refractivity contribution in [3.05, 3.63) is 567 Å². The van der Waals surface area contributed by atoms with Crippen LogP contribution in [0.5, 0.6) is 0 Å². The van der Waals surface area contributed by atoms with Crippen LogP contribution < -0.4 is 27.3 Å². The number of para-hydroxylation sites is 3. The highest BCUT2D eigenvalue weighted by Crippen LogP contribution is 2.62. The van der Waals surface area contributed by atoms with Crippen molar-refractivity contribution in [1.82, 2.24) is 0 Å². The first-order chi connectivity index (χ1) is 68.3. The third kappa shape index (κ3) is 26.5. The van der Waals surface area contributed by atoms with Crippen LogP contribution in [0.3, 0.4) is 0 Å². The Morgan fingerprint density at radius 3 is 1.04 bits per heavy atom. The van der Waals surface area contributed by atoms with Crippen LogP contribution in [0.25, 0.3) is 44.5 Å². The molecule has 0 heterocycles. The van der Waals surface area contributed by atoms with E-state index in [1.807, 2.05) is 224 Å². The second kappa shape index (κ2) is 50.6. The topological polar surface area (TPSA) is 131 Å². The number of benzene rings is 18. The van der Waals surface area contributed by atoms with Gasteiger partial charge in [0.2, 0.25) is 0 Å². The Morgan fingerprint density at radius 2 is 0.631 bits per heavy atom. The highest BCUT2D eigenvalue weighted by atomic mass is 127. The van der Waals surface area contributed by atoms with Crippen LogP contribution in [0.15, 0.2) is 452 Å². The molecule has 18 aromatic carbocycles. The summed E-state index contributed by atoms with van der Waals surface area (Å²) in [5.41, 5.74) is 36.3. The summed E-state index contributed by atoms with van der Waals surface area (Å²) in [4.78, 5) is 0. The number of nitrogen functional groups attached to an aromatic ring is 1. The fraction of sp³-hybridized carbons (Fsp3) is 0.0588. The van der Waals surface area contributed by atoms with Gasteiger partial charge in [0.05, 0.1) is 61.6 Å². The molecule has 22 heteroatoms. The van der Waals surface area contributed by atoms with Crippen LogP contribution >= 0.6 is 170 Å². The summed E-state index contributed by atoms with van der Waals surface area (Å²) in [6, 6.07) is 140. The van der Waals surface area contributed by atoms with Crippen molar-refractivity contribution in [2.75, 3.05) is 16.4 Å². The van der Waals surface area contributed by atoms with Gasteiger partial charge in [0.1, 0.15) is 0 Å². The van der Waals surface area contributed by atoms with Gasteiger partial charge in [-0.1, -0.05) is 444 Å². The molecule has 0 saturated carbocycles. The number of halogens is 13. The van der Waals surface area contributed by atoms with Crippen molar-refractivity contribution in [3.63, 3.8) is 0 Å². The van der Waals surface area contributed by atoms with Crippen molar-refractivity contribution in [2.45, 2.75) is 30.6 Å². The molecule has 0 aromatic heterocycles. The monoisotopic (exact) mass is 2280 g/mol. The highest BCUT2D eigenvalue weighted by Gasteiger charge is 2.49. The van der Waals surface area contributed by atoms with Crippen LogP contribution in [0, 0.1) is 22.3 Å². The third-order valence-corrected chi connectivity index (χ3v) is 30.4. The van der Waals surface area contributed by atoms with Gasteiger partial charge in [-0.3, -0.25) is 0 Å². The minimum absolute atomic E-state index is 0.201. The molecule has 18 aromatic rings. The van der Waals surface area contributed by atoms with Gasteiger partial charge in [0, 0.05) is 53.2 Å². The van der Waals surface area contributed by atoms with Gasteiger partial charge < -0.3 is 36.5 Å². The standard InChI is InChI=1S/C26H17Cl3.C21H16.2C18H14ClN.C12H8BrCl.C6H4BCl3O2.C6H7BO2.C6H3BrClI.C6H7N/c27-21-12-14(13-22(28)26(21)29)15-10-5-11-20-23-16-6-1-3-8-18(16)25(24(15)20)19-9-4-2-7-17(19)23;1-13-7-6-12-18-19(13)21-16-10-4-2-8-14(16)20(18)15-9-3-5-11-17(15)21;2*19-17-12-11-15(14-7-3-1-4-8-14)13-18(17)20-16-9-5-2-6-10-16;13-11-8-10(6-7-12(11)14)9-4-2-1-3-5-9;8-4-1-3(7(11)12)2-5(9)6(4)10;8-7(9)6-4-2-1-3-5-6;7-5-3-4(9)1-2-6(5)8;7-6-4-2-1-3-5-6/h1-13,16,18,23,25H;2-12,20-21H,1H3;2*1-13,20H;1-8H;1-2,11-12H;1-5,8-9H;1-3H;1-5H,7H2. The lowest BCUT2D eigenvalue weighted by Gasteiger charge is -2.50. The molecule has 141 heavy (non-hydrogen) atoms. The van der Waals surface area contributed by atoms with Crippen LogP contribution in [0.1, 0.15) is 84.9 Å². The largest absolute Gasteiger partial charge is 0.488 e. The zero-order chi connectivity index (χ0) is 99.2. The predicted molar refractivity (Wildman–Crippen MR) is 616 cm³/mol. The molecule has 8 N–H and O–H groups in total. The molecule has 7 aliphatic rings. The molecule has 4 bridgehead atoms. The molecule has 0 fully saturated rings. The van der Waals surface area contributed by atoms with Crippen LogP contribution in [0.4, 0.5) is 28.4 Å². The van der Waals surface area contributed by atoms with Gasteiger partial charge in [0.15, 0.2) is 0 Å². The summed E-state index contributed by atoms with van der Waals surface area (Å²) >= 11 is 69.0. The van der Waals surface area contributed by atoms with E-state index in [1.165, 1.54) is 99.2 Å². The summed E-state index contributed by atoms with van der Waals surface area (Å²) in [5, 5.41) is 46.3. The Labute approximate surface area is 904 Å². The van der Waals surface area contributed by atoms with Gasteiger partial charge in [-0.2, -0.15) is 0 Å². The quantitative estimate of drug-likeness (QED) is 0.0239. The van der Waals surface area contributed by atoms with E-state index in [-0.39, 0.29) is 20.5 Å². The van der Waals surface area contributed by atoms with Gasteiger partial charge in [-0.15, -0.1) is 0 Å². The maximum Gasteiger partial charge on any atom is 0.488 e. The summed E-state index contributed by atoms with van der Waals surface area (Å²) in [7, 11) is -2.93. The average Bonchev–Trinajstić information content (AvgIpc) is 0.703. The van der Waals surface area contributed by atoms with Gasteiger partial charge >= 0.3 is 14.2 Å². The van der Waals surface area contributed by atoms with Gasteiger partial charge in [-0.25, -0.2) is 0 Å². The fourth-order valence-corrected chi connectivity index (χ4v) is 21.3. The zero-order valence-electron chi connectivity index (χ0n) is 75.5. The molecule has 702 valence electrons. The Kier molecular flexibility index (Phi) is 37.6. The molecule has 0 radical (unpaired) electrons. The Morgan fingerprint density at radius 1 is 0.284 bits per heavy atom. The molecular formula is C119H90B2Br2Cl10IN3O4. The van der Waals surface area contributed by atoms with E-state index >= 15 is 0 Å². The van der Waals surface area contributed by atoms with E-state index < -0.39 is 14.2 Å². The number of anilines is 5. The van der Waals surface area contributed by atoms with Crippen LogP contribution in [0.2, 0.25) is 50.2 Å². The molecule has 7 nitrogen and oxygen atoms in total. The molecule has 0 amide bonds. The molecule has 0 aliphatic heterocycles. The predicted octanol–water partition coefficient (Wildman–Crippen LogP) is 35.2. The lowest BCUT2D eigenvalue weighted by Crippen LogP contribution is -2.39. The second-order valence-corrected chi connectivity index (χ2v) is 40.3. The number of hydrogen-bond donors (Lipinski definition) is 7. The molecule has 25 rings (SSSR count). The third-order valence-electron chi connectivity index (χ3n) is 24.3. The minimum Gasteiger partial charge on any atom is -0.423 e. The summed E-state index contributed by atoms with van der Waals surface area (Å²) in [6.07, 6.45) is 9.18. The van der Waals surface area contributed by atoms with Crippen LogP contribution in [-0.2, 0) is 0 Å². The van der Waals surface area contributed by atoms with E-state index in [9.17, 15) is 0 Å². The maximum atomic E-state index is 8.76. The molecule has 0 saturated heterocycles. The van der Waals surface area contributed by atoms with E-state index in [1.54, 1.807) is 29.8 Å². The van der Waals surface area contributed by atoms with Crippen molar-refractivity contribution in [2.24, 2.45) is 11.8 Å². The Hall–Kier alpha value is -10.6. The molecule has 7 aliphatic carbocycles. The fourth-order valence-electron chi connectivity index (χ4n) is 17.9. The SMILES string of the molecule is Cc1cccc2c1C1c3ccccc3C2c2ccccc21.Clc1cc(-c2cccc3c2C2c4ccccc4C3C3C=CC=CC23)cc(Cl)c1Cl.Clc1ccc(-c2ccccc2)cc1Br.Clc1ccc(-c2ccccc2)cc1Nc1ccccc1.Clc1ccc(-c2ccccc2)cc1Nc1ccccc1.Clc1ccc(I)cc1Br.Nc1ccccc1.OB(O)c1cc(Cl)c(Cl)c(Cl)c1.OB(O)c1ccccc1. The zero-order valence-corrected chi connectivity index (χ0v) is 88.4. The highest BCUT2D eigenvalue weighted by molar-refractivity contribution is 14.1. The molecular weight excluding hydrogens is 2200 g/mol. The number of nitrogens with one attached hydrogen (secondary N) is 2. The first-order valence-electron chi connectivity index (χ1n) is 45.0. The normalized spacial score (nSPS) is 14.7. The van der Waals surface area contributed by atoms with E-state index in [2.05, 4.69) is 254 Å². The first-order valence-corrected chi connectivity index (χ1v) is 51.5. The Balaban J connectivity index is 0.000000124. The lowest BCUT2D eigenvalue weighted by atomic mass is 9.52. The molecule has 4 atom stereocenters. The smallest absolute Gasteiger partial charge is 0.423 e. The maximum absolute atomic E-state index is 8.76. The van der Waals surface area contributed by atoms with Gasteiger partial charge in [0.25, 0.3) is 0 Å². The minimum atomic E-state index is -1.59. The van der Waals surface area contributed by atoms with Crippen molar-refractivity contribution < 1.29 is 20.1 Å². The van der Waals surface area contributed by atoms with E-state index in [0.717, 1.165) is 64.1 Å². The molecule has 0 spiro atoms. The summed E-state index contributed by atoms with van der Waals surface area (Å²) in [5.74, 6) is 2.49. The second-order valence-electron chi connectivity index (χ2n) is 33.3. The molecule has 4 unspecified atom stereocenters. The van der Waals surface area contributed by atoms with E-state index in [0.29, 0.717) is 66.1 Å². The van der Waals surface area contributed by atoms with Crippen molar-refractivity contribution in [1.29, 1.82) is 0 Å². The number of hydrogen-bond acceptors (Lipinski definition) is 7. The van der Waals surface area contributed by atoms with Gasteiger partial charge in [-0.05, 0) is 305 Å². The lowest BCUT2D eigenvalue weighted by molar-refractivity contribution is 0.332. The van der Waals surface area contributed by atoms with Crippen molar-refractivity contribution >= 4 is 224 Å². The van der Waals surface area contributed by atoms with Crippen molar-refractivity contribution in [3.8, 4) is 44.5 Å². The number of nitrogens with two attached hydrogens (primary N) is 1. The average molecular weight is 2290 g/mol.